The lowest BCUT2D eigenvalue weighted by Crippen LogP contribution is -2.14. The van der Waals surface area contributed by atoms with E-state index in [1.165, 1.54) is 33.2 Å². The van der Waals surface area contributed by atoms with Crippen molar-refractivity contribution in [1.29, 1.82) is 0 Å². The monoisotopic (exact) mass is 387 g/mol. The molecule has 5 aromatic rings. The molecule has 0 fully saturated rings. The fourth-order valence-electron chi connectivity index (χ4n) is 4.83. The van der Waals surface area contributed by atoms with Gasteiger partial charge in [-0.1, -0.05) is 74.5 Å². The summed E-state index contributed by atoms with van der Waals surface area (Å²) in [5.41, 5.74) is 8.68. The minimum atomic E-state index is 0.0165. The van der Waals surface area contributed by atoms with Crippen LogP contribution >= 0.6 is 0 Å². The highest BCUT2D eigenvalue weighted by Crippen LogP contribution is 2.51. The maximum Gasteiger partial charge on any atom is 0.159 e. The fraction of sp³-hybridized carbons (Fsp3) is 0.111. The molecule has 6 rings (SSSR count). The van der Waals surface area contributed by atoms with Gasteiger partial charge >= 0.3 is 0 Å². The Kier molecular flexibility index (Phi) is 3.51. The molecule has 0 atom stereocenters. The van der Waals surface area contributed by atoms with Crippen LogP contribution in [-0.4, -0.2) is 14.5 Å². The van der Waals surface area contributed by atoms with E-state index in [-0.39, 0.29) is 5.41 Å². The molecule has 0 saturated heterocycles. The second-order valence-corrected chi connectivity index (χ2v) is 8.41. The predicted octanol–water partition coefficient (Wildman–Crippen LogP) is 6.39. The van der Waals surface area contributed by atoms with Gasteiger partial charge in [0, 0.05) is 22.6 Å². The van der Waals surface area contributed by atoms with Crippen molar-refractivity contribution in [2.75, 3.05) is 0 Å². The average molecular weight is 387 g/mol. The highest BCUT2D eigenvalue weighted by molar-refractivity contribution is 6.02. The maximum absolute atomic E-state index is 4.61. The number of hydrogen-bond acceptors (Lipinski definition) is 2. The van der Waals surface area contributed by atoms with E-state index in [9.17, 15) is 0 Å². The van der Waals surface area contributed by atoms with Gasteiger partial charge in [0.25, 0.3) is 0 Å². The van der Waals surface area contributed by atoms with Gasteiger partial charge < -0.3 is 4.57 Å². The zero-order valence-electron chi connectivity index (χ0n) is 17.0. The second-order valence-electron chi connectivity index (χ2n) is 8.41. The van der Waals surface area contributed by atoms with Gasteiger partial charge in [-0.2, -0.15) is 0 Å². The molecule has 1 aliphatic rings. The van der Waals surface area contributed by atoms with Gasteiger partial charge in [0.15, 0.2) is 5.82 Å². The Bertz CT molecular complexity index is 1390. The summed E-state index contributed by atoms with van der Waals surface area (Å²) in [6, 6.07) is 25.6. The summed E-state index contributed by atoms with van der Waals surface area (Å²) >= 11 is 0. The average Bonchev–Trinajstić information content (AvgIpc) is 3.32. The van der Waals surface area contributed by atoms with Crippen LogP contribution in [0.5, 0.6) is 0 Å². The predicted molar refractivity (Wildman–Crippen MR) is 122 cm³/mol. The van der Waals surface area contributed by atoms with Crippen LogP contribution in [0, 0.1) is 0 Å². The third kappa shape index (κ3) is 2.32. The minimum absolute atomic E-state index is 0.0165. The highest BCUT2D eigenvalue weighted by Gasteiger charge is 2.36. The highest BCUT2D eigenvalue weighted by atomic mass is 15.0. The van der Waals surface area contributed by atoms with Crippen LogP contribution in [-0.2, 0) is 5.41 Å². The molecule has 0 amide bonds. The van der Waals surface area contributed by atoms with Gasteiger partial charge in [0.05, 0.1) is 23.6 Å². The molecule has 2 aromatic heterocycles. The van der Waals surface area contributed by atoms with Gasteiger partial charge in [-0.15, -0.1) is 0 Å². The van der Waals surface area contributed by atoms with E-state index in [2.05, 4.69) is 77.0 Å². The molecule has 3 nitrogen and oxygen atoms in total. The Morgan fingerprint density at radius 1 is 0.733 bits per heavy atom. The fourth-order valence-corrected chi connectivity index (χ4v) is 4.83. The van der Waals surface area contributed by atoms with Crippen molar-refractivity contribution in [2.24, 2.45) is 0 Å². The molecule has 30 heavy (non-hydrogen) atoms. The number of fused-ring (bicyclic) bond motifs is 5. The molecule has 3 heteroatoms. The van der Waals surface area contributed by atoms with E-state index in [0.29, 0.717) is 0 Å². The second kappa shape index (κ2) is 6.14. The van der Waals surface area contributed by atoms with Gasteiger partial charge in [0.2, 0.25) is 0 Å². The van der Waals surface area contributed by atoms with Gasteiger partial charge in [-0.05, 0) is 34.4 Å². The first kappa shape index (κ1) is 17.2. The van der Waals surface area contributed by atoms with Crippen molar-refractivity contribution in [1.82, 2.24) is 14.5 Å². The minimum Gasteiger partial charge on any atom is -0.314 e. The quantitative estimate of drug-likeness (QED) is 0.351. The van der Waals surface area contributed by atoms with Crippen molar-refractivity contribution in [3.8, 4) is 28.2 Å². The maximum atomic E-state index is 4.61. The first-order valence-corrected chi connectivity index (χ1v) is 10.3. The zero-order valence-corrected chi connectivity index (χ0v) is 17.0. The molecular weight excluding hydrogens is 366 g/mol. The molecule has 2 heterocycles. The van der Waals surface area contributed by atoms with E-state index < -0.39 is 0 Å². The Morgan fingerprint density at radius 2 is 1.47 bits per heavy atom. The molecule has 0 saturated carbocycles. The summed E-state index contributed by atoms with van der Waals surface area (Å²) in [6.07, 6.45) is 5.93. The van der Waals surface area contributed by atoms with E-state index in [1.54, 1.807) is 0 Å². The molecule has 1 aliphatic carbocycles. The lowest BCUT2D eigenvalue weighted by Gasteiger charge is -2.21. The Morgan fingerprint density at radius 3 is 2.27 bits per heavy atom. The summed E-state index contributed by atoms with van der Waals surface area (Å²) in [5.74, 6) is 0.743. The summed E-state index contributed by atoms with van der Waals surface area (Å²) in [6.45, 7) is 4.63. The van der Waals surface area contributed by atoms with E-state index in [0.717, 1.165) is 17.1 Å². The molecule has 0 radical (unpaired) electrons. The Balaban J connectivity index is 1.50. The molecule has 0 aliphatic heterocycles. The van der Waals surface area contributed by atoms with Gasteiger partial charge in [-0.25, -0.2) is 9.97 Å². The summed E-state index contributed by atoms with van der Waals surface area (Å²) < 4.78 is 2.18. The van der Waals surface area contributed by atoms with E-state index in [4.69, 9.17) is 0 Å². The first-order valence-electron chi connectivity index (χ1n) is 10.3. The molecular formula is C27H21N3. The molecule has 0 spiro atoms. The molecule has 144 valence electrons. The Labute approximate surface area is 175 Å². The lowest BCUT2D eigenvalue weighted by atomic mass is 9.82. The van der Waals surface area contributed by atoms with Gasteiger partial charge in [0.1, 0.15) is 0 Å². The van der Waals surface area contributed by atoms with Crippen molar-refractivity contribution < 1.29 is 0 Å². The molecule has 0 N–H and O–H groups in total. The SMILES string of the molecule is CC1(C)c2ccccc2-c2c1ccc1c2ccn1-c1cnc(-c2ccccc2)nc1. The molecule has 3 aromatic carbocycles. The zero-order chi connectivity index (χ0) is 20.3. The smallest absolute Gasteiger partial charge is 0.159 e. The third-order valence-corrected chi connectivity index (χ3v) is 6.36. The topological polar surface area (TPSA) is 30.7 Å². The van der Waals surface area contributed by atoms with E-state index in [1.807, 2.05) is 42.7 Å². The van der Waals surface area contributed by atoms with Crippen molar-refractivity contribution in [2.45, 2.75) is 19.3 Å². The largest absolute Gasteiger partial charge is 0.314 e. The van der Waals surface area contributed by atoms with Crippen molar-refractivity contribution >= 4 is 10.9 Å². The summed E-state index contributed by atoms with van der Waals surface area (Å²) in [4.78, 5) is 9.22. The van der Waals surface area contributed by atoms with Crippen LogP contribution in [0.25, 0.3) is 39.1 Å². The van der Waals surface area contributed by atoms with Crippen LogP contribution in [0.1, 0.15) is 25.0 Å². The van der Waals surface area contributed by atoms with Crippen molar-refractivity contribution in [3.63, 3.8) is 0 Å². The summed E-state index contributed by atoms with van der Waals surface area (Å²) in [7, 11) is 0. The third-order valence-electron chi connectivity index (χ3n) is 6.36. The van der Waals surface area contributed by atoms with Crippen LogP contribution in [0.4, 0.5) is 0 Å². The molecule has 0 unspecified atom stereocenters. The summed E-state index contributed by atoms with van der Waals surface area (Å²) in [5, 5.41) is 1.28. The Hall–Kier alpha value is -3.72. The number of rotatable bonds is 2. The van der Waals surface area contributed by atoms with Crippen LogP contribution < -0.4 is 0 Å². The number of benzene rings is 3. The van der Waals surface area contributed by atoms with Crippen molar-refractivity contribution in [3.05, 3.63) is 103 Å². The van der Waals surface area contributed by atoms with E-state index >= 15 is 0 Å². The normalized spacial score (nSPS) is 13.9. The standard InChI is InChI=1S/C27H21N3/c1-27(2)22-11-7-6-10-20(22)25-21-14-15-30(24(21)13-12-23(25)27)19-16-28-26(29-17-19)18-8-4-3-5-9-18/h3-17H,1-2H3. The van der Waals surface area contributed by atoms with Crippen LogP contribution in [0.3, 0.4) is 0 Å². The molecule has 0 bridgehead atoms. The van der Waals surface area contributed by atoms with Crippen LogP contribution in [0.15, 0.2) is 91.4 Å². The lowest BCUT2D eigenvalue weighted by molar-refractivity contribution is 0.661. The van der Waals surface area contributed by atoms with Crippen LogP contribution in [0.2, 0.25) is 0 Å². The van der Waals surface area contributed by atoms with Gasteiger partial charge in [-0.3, -0.25) is 0 Å². The number of nitrogens with zero attached hydrogens (tertiary/aromatic N) is 3. The number of aromatic nitrogens is 3. The first-order chi connectivity index (χ1) is 14.6. The number of hydrogen-bond donors (Lipinski definition) is 0.